The van der Waals surface area contributed by atoms with E-state index in [4.69, 9.17) is 0 Å². The SMILES string of the molecule is C/C(C=NNC(=O)c1nn(C)cc1Br)=C/c1ccc(C(C)C)cc1. The Labute approximate surface area is 150 Å². The van der Waals surface area contributed by atoms with Crippen LogP contribution in [-0.2, 0) is 7.05 Å². The Bertz CT molecular complexity index is 773. The fourth-order valence-electron chi connectivity index (χ4n) is 2.14. The first kappa shape index (κ1) is 18.1. The van der Waals surface area contributed by atoms with Crippen LogP contribution >= 0.6 is 15.9 Å². The Morgan fingerprint density at radius 3 is 2.54 bits per heavy atom. The number of hydrazone groups is 1. The van der Waals surface area contributed by atoms with E-state index in [9.17, 15) is 4.79 Å². The molecule has 0 aliphatic heterocycles. The zero-order chi connectivity index (χ0) is 17.7. The lowest BCUT2D eigenvalue weighted by atomic mass is 10.0. The minimum atomic E-state index is -0.354. The maximum atomic E-state index is 12.0. The first-order valence-corrected chi connectivity index (χ1v) is 8.47. The van der Waals surface area contributed by atoms with Gasteiger partial charge in [-0.15, -0.1) is 0 Å². The van der Waals surface area contributed by atoms with Crippen molar-refractivity contribution in [1.29, 1.82) is 0 Å². The maximum Gasteiger partial charge on any atom is 0.293 e. The van der Waals surface area contributed by atoms with Crippen molar-refractivity contribution >= 4 is 34.1 Å². The summed E-state index contributed by atoms with van der Waals surface area (Å²) >= 11 is 3.29. The van der Waals surface area contributed by atoms with Crippen LogP contribution in [0.2, 0.25) is 0 Å². The number of nitrogens with zero attached hydrogens (tertiary/aromatic N) is 3. The number of amides is 1. The number of aryl methyl sites for hydroxylation is 1. The Morgan fingerprint density at radius 2 is 2.00 bits per heavy atom. The van der Waals surface area contributed by atoms with Crippen molar-refractivity contribution in [2.45, 2.75) is 26.7 Å². The number of rotatable bonds is 5. The molecular weight excluding hydrogens is 368 g/mol. The molecule has 0 atom stereocenters. The number of carbonyl (C=O) groups excluding carboxylic acids is 1. The summed E-state index contributed by atoms with van der Waals surface area (Å²) < 4.78 is 2.20. The molecule has 1 aromatic heterocycles. The summed E-state index contributed by atoms with van der Waals surface area (Å²) in [4.78, 5) is 12.0. The average Bonchev–Trinajstić information content (AvgIpc) is 2.86. The lowest BCUT2D eigenvalue weighted by Gasteiger charge is -2.05. The number of allylic oxidation sites excluding steroid dienone is 1. The van der Waals surface area contributed by atoms with Crippen LogP contribution in [0, 0.1) is 0 Å². The second-order valence-corrected chi connectivity index (χ2v) is 6.76. The highest BCUT2D eigenvalue weighted by Gasteiger charge is 2.13. The van der Waals surface area contributed by atoms with Gasteiger partial charge in [-0.3, -0.25) is 9.48 Å². The predicted molar refractivity (Wildman–Crippen MR) is 101 cm³/mol. The quantitative estimate of drug-likeness (QED) is 0.618. The molecule has 5 nitrogen and oxygen atoms in total. The summed E-state index contributed by atoms with van der Waals surface area (Å²) in [5.41, 5.74) is 6.13. The highest BCUT2D eigenvalue weighted by molar-refractivity contribution is 9.10. The first-order valence-electron chi connectivity index (χ1n) is 7.67. The third kappa shape index (κ3) is 4.89. The normalized spacial score (nSPS) is 12.2. The second-order valence-electron chi connectivity index (χ2n) is 5.91. The highest BCUT2D eigenvalue weighted by atomic mass is 79.9. The summed E-state index contributed by atoms with van der Waals surface area (Å²) in [5, 5.41) is 8.04. The Balaban J connectivity index is 1.98. The number of hydrogen-bond donors (Lipinski definition) is 1. The van der Waals surface area contributed by atoms with Crippen LogP contribution in [0.3, 0.4) is 0 Å². The van der Waals surface area contributed by atoms with E-state index < -0.39 is 0 Å². The maximum absolute atomic E-state index is 12.0. The molecule has 126 valence electrons. The third-order valence-electron chi connectivity index (χ3n) is 3.43. The van der Waals surface area contributed by atoms with E-state index in [-0.39, 0.29) is 5.91 Å². The molecule has 2 aromatic rings. The Morgan fingerprint density at radius 1 is 1.33 bits per heavy atom. The molecule has 1 aromatic carbocycles. The summed E-state index contributed by atoms with van der Waals surface area (Å²) in [6.07, 6.45) is 5.34. The first-order chi connectivity index (χ1) is 11.4. The van der Waals surface area contributed by atoms with Crippen LogP contribution in [-0.4, -0.2) is 21.9 Å². The monoisotopic (exact) mass is 388 g/mol. The van der Waals surface area contributed by atoms with E-state index in [0.29, 0.717) is 16.1 Å². The van der Waals surface area contributed by atoms with Gasteiger partial charge in [-0.05, 0) is 45.5 Å². The zero-order valence-electron chi connectivity index (χ0n) is 14.2. The molecule has 1 heterocycles. The average molecular weight is 389 g/mol. The van der Waals surface area contributed by atoms with Crippen molar-refractivity contribution in [2.75, 3.05) is 0 Å². The van der Waals surface area contributed by atoms with Crippen LogP contribution in [0.25, 0.3) is 6.08 Å². The number of nitrogens with one attached hydrogen (secondary N) is 1. The second kappa shape index (κ2) is 8.06. The number of benzene rings is 1. The van der Waals surface area contributed by atoms with Crippen molar-refractivity contribution in [3.63, 3.8) is 0 Å². The Hall–Kier alpha value is -2.21. The molecule has 0 spiro atoms. The lowest BCUT2D eigenvalue weighted by molar-refractivity contribution is 0.0948. The predicted octanol–water partition coefficient (Wildman–Crippen LogP) is 4.13. The molecule has 1 N–H and O–H groups in total. The van der Waals surface area contributed by atoms with E-state index in [0.717, 1.165) is 11.1 Å². The van der Waals surface area contributed by atoms with Crippen LogP contribution in [0.4, 0.5) is 0 Å². The molecule has 0 unspecified atom stereocenters. The zero-order valence-corrected chi connectivity index (χ0v) is 15.8. The number of hydrogen-bond acceptors (Lipinski definition) is 3. The van der Waals surface area contributed by atoms with E-state index in [1.807, 2.05) is 13.0 Å². The summed E-state index contributed by atoms with van der Waals surface area (Å²) in [5.74, 6) is 0.166. The summed E-state index contributed by atoms with van der Waals surface area (Å²) in [7, 11) is 1.75. The molecule has 0 bridgehead atoms. The molecule has 1 amide bonds. The van der Waals surface area contributed by atoms with Gasteiger partial charge in [0.15, 0.2) is 5.69 Å². The standard InChI is InChI=1S/C18H21BrN4O/c1-12(2)15-7-5-14(6-8-15)9-13(3)10-20-21-18(24)17-16(19)11-23(4)22-17/h5-12H,1-4H3,(H,21,24)/b13-9-,20-10?. The molecule has 0 aliphatic carbocycles. The number of halogens is 1. The summed E-state index contributed by atoms with van der Waals surface area (Å²) in [6.45, 7) is 6.28. The van der Waals surface area contributed by atoms with E-state index in [1.165, 1.54) is 5.56 Å². The molecule has 0 aliphatic rings. The van der Waals surface area contributed by atoms with Gasteiger partial charge >= 0.3 is 0 Å². The van der Waals surface area contributed by atoms with Gasteiger partial charge in [0.25, 0.3) is 5.91 Å². The van der Waals surface area contributed by atoms with Crippen molar-refractivity contribution in [3.05, 3.63) is 57.3 Å². The fourth-order valence-corrected chi connectivity index (χ4v) is 2.69. The Kier molecular flexibility index (Phi) is 6.09. The number of aromatic nitrogens is 2. The molecule has 0 fully saturated rings. The van der Waals surface area contributed by atoms with Crippen molar-refractivity contribution in [3.8, 4) is 0 Å². The summed E-state index contributed by atoms with van der Waals surface area (Å²) in [6, 6.07) is 8.41. The molecular formula is C18H21BrN4O. The van der Waals surface area contributed by atoms with E-state index in [2.05, 4.69) is 69.7 Å². The topological polar surface area (TPSA) is 59.3 Å². The largest absolute Gasteiger partial charge is 0.293 e. The van der Waals surface area contributed by atoms with Gasteiger partial charge in [0.05, 0.1) is 10.7 Å². The highest BCUT2D eigenvalue weighted by Crippen LogP contribution is 2.16. The van der Waals surface area contributed by atoms with Crippen molar-refractivity contribution < 1.29 is 4.79 Å². The third-order valence-corrected chi connectivity index (χ3v) is 4.01. The minimum absolute atomic E-state index is 0.306. The molecule has 6 heteroatoms. The lowest BCUT2D eigenvalue weighted by Crippen LogP contribution is -2.18. The van der Waals surface area contributed by atoms with Gasteiger partial charge in [-0.1, -0.05) is 44.2 Å². The van der Waals surface area contributed by atoms with Gasteiger partial charge < -0.3 is 0 Å². The minimum Gasteiger partial charge on any atom is -0.274 e. The van der Waals surface area contributed by atoms with E-state index >= 15 is 0 Å². The van der Waals surface area contributed by atoms with Crippen LogP contribution in [0.5, 0.6) is 0 Å². The van der Waals surface area contributed by atoms with Gasteiger partial charge in [0.2, 0.25) is 0 Å². The van der Waals surface area contributed by atoms with Gasteiger partial charge in [-0.2, -0.15) is 10.2 Å². The molecule has 0 saturated heterocycles. The molecule has 0 radical (unpaired) electrons. The molecule has 2 rings (SSSR count). The van der Waals surface area contributed by atoms with Gasteiger partial charge in [-0.25, -0.2) is 5.43 Å². The van der Waals surface area contributed by atoms with Crippen molar-refractivity contribution in [1.82, 2.24) is 15.2 Å². The van der Waals surface area contributed by atoms with Crippen LogP contribution in [0.15, 0.2) is 45.6 Å². The molecule has 24 heavy (non-hydrogen) atoms. The van der Waals surface area contributed by atoms with Gasteiger partial charge in [0.1, 0.15) is 0 Å². The van der Waals surface area contributed by atoms with Crippen molar-refractivity contribution in [2.24, 2.45) is 12.1 Å². The van der Waals surface area contributed by atoms with Crippen LogP contribution in [0.1, 0.15) is 48.3 Å². The smallest absolute Gasteiger partial charge is 0.274 e. The number of carbonyl (C=O) groups is 1. The molecule has 0 saturated carbocycles. The fraction of sp³-hybridized carbons (Fsp3) is 0.278. The van der Waals surface area contributed by atoms with Crippen LogP contribution < -0.4 is 5.43 Å². The van der Waals surface area contributed by atoms with E-state index in [1.54, 1.807) is 24.1 Å². The van der Waals surface area contributed by atoms with Gasteiger partial charge in [0, 0.05) is 13.2 Å².